The van der Waals surface area contributed by atoms with E-state index < -0.39 is 34.5 Å². The van der Waals surface area contributed by atoms with E-state index in [4.69, 9.17) is 10.4 Å². The number of nitrogens with zero attached hydrogens (tertiary/aromatic N) is 1. The Balaban J connectivity index is 2.61. The Bertz CT molecular complexity index is 833. The summed E-state index contributed by atoms with van der Waals surface area (Å²) in [6, 6.07) is 4.53. The number of benzene rings is 1. The molecule has 0 spiro atoms. The first kappa shape index (κ1) is 15.6. The van der Waals surface area contributed by atoms with E-state index in [2.05, 4.69) is 9.69 Å². The van der Waals surface area contributed by atoms with Crippen LogP contribution in [-0.4, -0.2) is 15.4 Å². The van der Waals surface area contributed by atoms with Gasteiger partial charge < -0.3 is 10.4 Å². The number of aromatic amines is 1. The molecule has 2 aromatic rings. The van der Waals surface area contributed by atoms with Gasteiger partial charge in [0.05, 0.1) is 16.8 Å². The lowest BCUT2D eigenvalue weighted by Gasteiger charge is -2.16. The van der Waals surface area contributed by atoms with Gasteiger partial charge in [-0.25, -0.2) is 4.79 Å². The normalized spacial score (nSPS) is 11.0. The number of alkyl halides is 3. The predicted octanol–water partition coefficient (Wildman–Crippen LogP) is 2.77. The number of halogens is 3. The van der Waals surface area contributed by atoms with Crippen molar-refractivity contribution in [3.63, 3.8) is 0 Å². The standard InChI is InChI=1S/C12H6F3N3O3S/c13-12(14,15)8-5(11(20)21)2-1-3-7(8)17-10-6(4-16)9(19)18-22-10/h1-3,17H,(H,18,19)(H,20,21). The maximum atomic E-state index is 13.1. The van der Waals surface area contributed by atoms with Crippen LogP contribution in [0.5, 0.6) is 0 Å². The average molecular weight is 329 g/mol. The Labute approximate surface area is 124 Å². The van der Waals surface area contributed by atoms with Crippen molar-refractivity contribution in [3.05, 3.63) is 45.2 Å². The number of hydrogen-bond acceptors (Lipinski definition) is 5. The molecule has 3 N–H and O–H groups in total. The number of carbonyl (C=O) groups is 1. The Hall–Kier alpha value is -2.80. The first-order valence-corrected chi connectivity index (χ1v) is 6.39. The van der Waals surface area contributed by atoms with E-state index in [1.807, 2.05) is 0 Å². The molecule has 0 aliphatic heterocycles. The Morgan fingerprint density at radius 3 is 2.64 bits per heavy atom. The summed E-state index contributed by atoms with van der Waals surface area (Å²) in [6.07, 6.45) is -4.93. The van der Waals surface area contributed by atoms with Crippen LogP contribution in [0.15, 0.2) is 23.0 Å². The number of nitriles is 1. The quantitative estimate of drug-likeness (QED) is 0.803. The number of rotatable bonds is 3. The molecule has 1 heterocycles. The highest BCUT2D eigenvalue weighted by Crippen LogP contribution is 2.39. The molecule has 10 heteroatoms. The maximum Gasteiger partial charge on any atom is 0.419 e. The summed E-state index contributed by atoms with van der Waals surface area (Å²) < 4.78 is 41.6. The molecule has 6 nitrogen and oxygen atoms in total. The molecule has 0 atom stereocenters. The van der Waals surface area contributed by atoms with E-state index in [-0.39, 0.29) is 10.6 Å². The van der Waals surface area contributed by atoms with Crippen LogP contribution in [0.2, 0.25) is 0 Å². The highest BCUT2D eigenvalue weighted by molar-refractivity contribution is 7.10. The molecule has 0 saturated heterocycles. The lowest BCUT2D eigenvalue weighted by Crippen LogP contribution is -2.15. The maximum absolute atomic E-state index is 13.1. The van der Waals surface area contributed by atoms with Crippen LogP contribution in [0.1, 0.15) is 21.5 Å². The molecule has 22 heavy (non-hydrogen) atoms. The first-order valence-electron chi connectivity index (χ1n) is 5.57. The summed E-state index contributed by atoms with van der Waals surface area (Å²) >= 11 is 0.643. The minimum atomic E-state index is -4.93. The second-order valence-electron chi connectivity index (χ2n) is 4.01. The molecule has 0 aliphatic carbocycles. The van der Waals surface area contributed by atoms with Gasteiger partial charge in [0.15, 0.2) is 5.56 Å². The lowest BCUT2D eigenvalue weighted by atomic mass is 10.0. The summed E-state index contributed by atoms with van der Waals surface area (Å²) in [4.78, 5) is 22.3. The first-order chi connectivity index (χ1) is 10.3. The number of H-pyrrole nitrogens is 1. The van der Waals surface area contributed by atoms with Gasteiger partial charge >= 0.3 is 12.1 Å². The van der Waals surface area contributed by atoms with Crippen LogP contribution in [-0.2, 0) is 6.18 Å². The summed E-state index contributed by atoms with van der Waals surface area (Å²) in [5, 5.41) is 19.9. The molecule has 0 fully saturated rings. The number of aromatic nitrogens is 1. The molecule has 0 unspecified atom stereocenters. The van der Waals surface area contributed by atoms with E-state index in [0.717, 1.165) is 18.2 Å². The second kappa shape index (κ2) is 5.53. The fourth-order valence-electron chi connectivity index (χ4n) is 1.75. The third-order valence-electron chi connectivity index (χ3n) is 2.64. The van der Waals surface area contributed by atoms with Crippen molar-refractivity contribution in [1.29, 1.82) is 5.26 Å². The Kier molecular flexibility index (Phi) is 3.92. The average Bonchev–Trinajstić information content (AvgIpc) is 2.77. The number of aromatic carboxylic acids is 1. The smallest absolute Gasteiger partial charge is 0.419 e. The van der Waals surface area contributed by atoms with Gasteiger partial charge in [0.2, 0.25) is 0 Å². The zero-order chi connectivity index (χ0) is 16.5. The monoisotopic (exact) mass is 329 g/mol. The molecule has 1 aromatic carbocycles. The van der Waals surface area contributed by atoms with Crippen LogP contribution in [0.3, 0.4) is 0 Å². The second-order valence-corrected chi connectivity index (χ2v) is 4.82. The van der Waals surface area contributed by atoms with Crippen LogP contribution >= 0.6 is 11.5 Å². The minimum Gasteiger partial charge on any atom is -0.478 e. The SMILES string of the molecule is N#Cc1c(Nc2cccc(C(=O)O)c2C(F)(F)F)s[nH]c1=O. The lowest BCUT2D eigenvalue weighted by molar-refractivity contribution is -0.137. The van der Waals surface area contributed by atoms with Gasteiger partial charge in [0.25, 0.3) is 5.56 Å². The Morgan fingerprint density at radius 1 is 1.41 bits per heavy atom. The van der Waals surface area contributed by atoms with Crippen LogP contribution in [0, 0.1) is 11.3 Å². The molecular weight excluding hydrogens is 323 g/mol. The van der Waals surface area contributed by atoms with Crippen LogP contribution < -0.4 is 10.9 Å². The summed E-state index contributed by atoms with van der Waals surface area (Å²) in [5.74, 6) is -1.74. The van der Waals surface area contributed by atoms with Crippen molar-refractivity contribution in [2.24, 2.45) is 0 Å². The van der Waals surface area contributed by atoms with Crippen molar-refractivity contribution < 1.29 is 23.1 Å². The molecule has 1 aromatic heterocycles. The number of carboxylic acid groups (broad SMARTS) is 1. The Morgan fingerprint density at radius 2 is 2.09 bits per heavy atom. The van der Waals surface area contributed by atoms with Gasteiger partial charge in [0, 0.05) is 0 Å². The van der Waals surface area contributed by atoms with Crippen LogP contribution in [0.25, 0.3) is 0 Å². The zero-order valence-corrected chi connectivity index (χ0v) is 11.3. The van der Waals surface area contributed by atoms with E-state index in [1.54, 1.807) is 6.07 Å². The highest BCUT2D eigenvalue weighted by atomic mass is 32.1. The van der Waals surface area contributed by atoms with Gasteiger partial charge in [-0.15, -0.1) is 0 Å². The zero-order valence-electron chi connectivity index (χ0n) is 10.5. The van der Waals surface area contributed by atoms with Gasteiger partial charge in [0.1, 0.15) is 11.1 Å². The van der Waals surface area contributed by atoms with E-state index in [1.165, 1.54) is 0 Å². The number of carboxylic acids is 1. The van der Waals surface area contributed by atoms with Crippen molar-refractivity contribution in [2.75, 3.05) is 5.32 Å². The molecule has 0 aliphatic rings. The summed E-state index contributed by atoms with van der Waals surface area (Å²) in [7, 11) is 0. The molecule has 0 bridgehead atoms. The third-order valence-corrected chi connectivity index (χ3v) is 3.44. The van der Waals surface area contributed by atoms with Crippen molar-refractivity contribution >= 4 is 28.2 Å². The highest BCUT2D eigenvalue weighted by Gasteiger charge is 2.38. The third kappa shape index (κ3) is 2.79. The van der Waals surface area contributed by atoms with Gasteiger partial charge in [-0.05, 0) is 23.7 Å². The summed E-state index contributed by atoms with van der Waals surface area (Å²) in [6.45, 7) is 0. The molecule has 0 radical (unpaired) electrons. The number of anilines is 2. The topological polar surface area (TPSA) is 106 Å². The fourth-order valence-corrected chi connectivity index (χ4v) is 2.45. The predicted molar refractivity (Wildman–Crippen MR) is 71.3 cm³/mol. The number of hydrogen-bond donors (Lipinski definition) is 3. The van der Waals surface area contributed by atoms with Crippen molar-refractivity contribution in [3.8, 4) is 6.07 Å². The molecule has 114 valence electrons. The van der Waals surface area contributed by atoms with E-state index >= 15 is 0 Å². The largest absolute Gasteiger partial charge is 0.478 e. The van der Waals surface area contributed by atoms with E-state index in [0.29, 0.717) is 11.5 Å². The van der Waals surface area contributed by atoms with E-state index in [9.17, 15) is 22.8 Å². The summed E-state index contributed by atoms with van der Waals surface area (Å²) in [5.41, 5.74) is -3.98. The molecule has 0 saturated carbocycles. The van der Waals surface area contributed by atoms with Gasteiger partial charge in [-0.3, -0.25) is 9.17 Å². The number of nitrogens with one attached hydrogen (secondary N) is 2. The van der Waals surface area contributed by atoms with Gasteiger partial charge in [-0.2, -0.15) is 18.4 Å². The van der Waals surface area contributed by atoms with Crippen molar-refractivity contribution in [2.45, 2.75) is 6.18 Å². The van der Waals surface area contributed by atoms with Crippen molar-refractivity contribution in [1.82, 2.24) is 4.37 Å². The molecule has 2 rings (SSSR count). The van der Waals surface area contributed by atoms with Crippen LogP contribution in [0.4, 0.5) is 23.9 Å². The molecule has 0 amide bonds. The fraction of sp³-hybridized carbons (Fsp3) is 0.0833. The van der Waals surface area contributed by atoms with Gasteiger partial charge in [-0.1, -0.05) is 6.07 Å². The minimum absolute atomic E-state index is 0.125. The molecular formula is C12H6F3N3O3S.